The van der Waals surface area contributed by atoms with Gasteiger partial charge in [-0.1, -0.05) is 25.7 Å². The number of carbonyl (C=O) groups excluding carboxylic acids is 1. The average Bonchev–Trinajstić information content (AvgIpc) is 1.50. The zero-order chi connectivity index (χ0) is 9.98. The summed E-state index contributed by atoms with van der Waals surface area (Å²) in [5.41, 5.74) is 8.50. The van der Waals surface area contributed by atoms with Crippen LogP contribution in [0, 0.1) is 0 Å². The normalized spacial score (nSPS) is 12.9. The van der Waals surface area contributed by atoms with E-state index in [1.807, 2.05) is 0 Å². The van der Waals surface area contributed by atoms with E-state index < -0.39 is 14.3 Å². The molecule has 7 heteroatoms. The minimum Gasteiger partial charge on any atom is -0.352 e. The summed E-state index contributed by atoms with van der Waals surface area (Å²) >= 11 is 0. The lowest BCUT2D eigenvalue weighted by Gasteiger charge is -2.05. The SMILES string of the molecule is C1CCC1.NC(N)=O.O=[PH](O)O. The molecule has 0 saturated heterocycles. The molecule has 0 atom stereocenters. The Hall–Kier alpha value is -0.580. The van der Waals surface area contributed by atoms with E-state index in [0.717, 1.165) is 0 Å². The van der Waals surface area contributed by atoms with Gasteiger partial charge in [0.05, 0.1) is 0 Å². The fraction of sp³-hybridized carbons (Fsp3) is 0.800. The maximum absolute atomic E-state index is 9.00. The second kappa shape index (κ2) is 10.4. The topological polar surface area (TPSA) is 127 Å². The van der Waals surface area contributed by atoms with Gasteiger partial charge < -0.3 is 21.3 Å². The van der Waals surface area contributed by atoms with Gasteiger partial charge in [-0.2, -0.15) is 0 Å². The fourth-order valence-corrected chi connectivity index (χ4v) is 0.250. The number of hydrogen-bond donors (Lipinski definition) is 4. The van der Waals surface area contributed by atoms with Gasteiger partial charge in [0.2, 0.25) is 0 Å². The van der Waals surface area contributed by atoms with Gasteiger partial charge in [0, 0.05) is 0 Å². The molecule has 0 aliphatic heterocycles. The quantitative estimate of drug-likeness (QED) is 0.407. The van der Waals surface area contributed by atoms with E-state index in [9.17, 15) is 0 Å². The van der Waals surface area contributed by atoms with Crippen LogP contribution >= 0.6 is 8.25 Å². The first-order valence-electron chi connectivity index (χ1n) is 3.43. The molecule has 6 nitrogen and oxygen atoms in total. The van der Waals surface area contributed by atoms with Crippen molar-refractivity contribution >= 4 is 14.3 Å². The predicted octanol–water partition coefficient (Wildman–Crippen LogP) is -0.0551. The van der Waals surface area contributed by atoms with Gasteiger partial charge in [-0.3, -0.25) is 4.57 Å². The molecule has 0 heterocycles. The highest BCUT2D eigenvalue weighted by molar-refractivity contribution is 7.30. The Bertz CT molecular complexity index is 113. The van der Waals surface area contributed by atoms with Gasteiger partial charge in [-0.25, -0.2) is 4.79 Å². The van der Waals surface area contributed by atoms with Crippen molar-refractivity contribution in [2.24, 2.45) is 11.5 Å². The van der Waals surface area contributed by atoms with Crippen LogP contribution in [-0.2, 0) is 4.57 Å². The van der Waals surface area contributed by atoms with Crippen molar-refractivity contribution in [3.05, 3.63) is 0 Å². The third-order valence-electron chi connectivity index (χ3n) is 1.000. The van der Waals surface area contributed by atoms with Crippen molar-refractivity contribution in [2.75, 3.05) is 0 Å². The molecule has 0 aromatic carbocycles. The average molecular weight is 198 g/mol. The summed E-state index contributed by atoms with van der Waals surface area (Å²) in [4.78, 5) is 23.3. The Kier molecular flexibility index (Phi) is 12.1. The summed E-state index contributed by atoms with van der Waals surface area (Å²) in [6.07, 6.45) is 6.00. The molecule has 1 fully saturated rings. The van der Waals surface area contributed by atoms with Crippen LogP contribution in [0.2, 0.25) is 0 Å². The first-order chi connectivity index (χ1) is 5.46. The molecule has 1 rings (SSSR count). The largest absolute Gasteiger partial charge is 0.352 e. The number of nitrogens with two attached hydrogens (primary N) is 2. The number of hydrogen-bond acceptors (Lipinski definition) is 2. The standard InChI is InChI=1S/C4H8.CH4N2O.H3O3P/c1-2-4-3-1;2-1(3)4;1-4(2)3/h1-4H2;(H4,2,3,4);4H,(H2,1,2,3). The summed E-state index contributed by atoms with van der Waals surface area (Å²) < 4.78 is 8.74. The molecule has 0 bridgehead atoms. The van der Waals surface area contributed by atoms with E-state index in [2.05, 4.69) is 11.5 Å². The predicted molar refractivity (Wildman–Crippen MR) is 45.7 cm³/mol. The molecule has 0 spiro atoms. The van der Waals surface area contributed by atoms with Gasteiger partial charge in [-0.05, 0) is 0 Å². The Morgan fingerprint density at radius 2 is 1.17 bits per heavy atom. The fourth-order valence-electron chi connectivity index (χ4n) is 0.250. The number of carbonyl (C=O) groups is 1. The number of rotatable bonds is 0. The Balaban J connectivity index is 0. The highest BCUT2D eigenvalue weighted by Crippen LogP contribution is 2.15. The molecule has 2 amide bonds. The minimum atomic E-state index is -3.13. The number of primary amides is 2. The third-order valence-corrected chi connectivity index (χ3v) is 1.000. The number of urea groups is 1. The molecule has 74 valence electrons. The van der Waals surface area contributed by atoms with Crippen molar-refractivity contribution < 1.29 is 19.1 Å². The van der Waals surface area contributed by atoms with E-state index in [0.29, 0.717) is 0 Å². The maximum atomic E-state index is 9.00. The number of amides is 2. The highest BCUT2D eigenvalue weighted by Gasteiger charge is 1.95. The smallest absolute Gasteiger partial charge is 0.314 e. The second-order valence-corrected chi connectivity index (χ2v) is 2.66. The van der Waals surface area contributed by atoms with Crippen LogP contribution in [0.15, 0.2) is 0 Å². The summed E-state index contributed by atoms with van der Waals surface area (Å²) in [6, 6.07) is -0.833. The van der Waals surface area contributed by atoms with Crippen LogP contribution in [0.25, 0.3) is 0 Å². The molecule has 1 saturated carbocycles. The Morgan fingerprint density at radius 3 is 1.17 bits per heavy atom. The lowest BCUT2D eigenvalue weighted by molar-refractivity contribution is 0.256. The summed E-state index contributed by atoms with van der Waals surface area (Å²) in [5.74, 6) is 0. The zero-order valence-electron chi connectivity index (χ0n) is 6.69. The molecule has 1 aliphatic carbocycles. The van der Waals surface area contributed by atoms with Crippen LogP contribution in [0.4, 0.5) is 4.79 Å². The Morgan fingerprint density at radius 1 is 1.08 bits per heavy atom. The first kappa shape index (κ1) is 14.0. The van der Waals surface area contributed by atoms with E-state index in [-0.39, 0.29) is 0 Å². The summed E-state index contributed by atoms with van der Waals surface area (Å²) in [7, 11) is -3.13. The van der Waals surface area contributed by atoms with E-state index >= 15 is 0 Å². The van der Waals surface area contributed by atoms with Crippen molar-refractivity contribution in [1.29, 1.82) is 0 Å². The molecule has 0 aromatic heterocycles. The van der Waals surface area contributed by atoms with Crippen molar-refractivity contribution in [3.8, 4) is 0 Å². The monoisotopic (exact) mass is 198 g/mol. The molecule has 0 unspecified atom stereocenters. The molecule has 0 radical (unpaired) electrons. The molecular weight excluding hydrogens is 183 g/mol. The van der Waals surface area contributed by atoms with Gasteiger partial charge in [0.15, 0.2) is 0 Å². The lowest BCUT2D eigenvalue weighted by Crippen LogP contribution is -2.18. The second-order valence-electron chi connectivity index (χ2n) is 2.10. The van der Waals surface area contributed by atoms with Crippen molar-refractivity contribution in [1.82, 2.24) is 0 Å². The van der Waals surface area contributed by atoms with Crippen LogP contribution in [0.3, 0.4) is 0 Å². The van der Waals surface area contributed by atoms with Crippen LogP contribution < -0.4 is 11.5 Å². The van der Waals surface area contributed by atoms with Crippen LogP contribution in [-0.4, -0.2) is 15.8 Å². The van der Waals surface area contributed by atoms with Gasteiger partial charge >= 0.3 is 14.3 Å². The first-order valence-corrected chi connectivity index (χ1v) is 4.74. The van der Waals surface area contributed by atoms with Gasteiger partial charge in [0.1, 0.15) is 0 Å². The van der Waals surface area contributed by atoms with Crippen LogP contribution in [0.1, 0.15) is 25.7 Å². The molecule has 6 N–H and O–H groups in total. The Labute approximate surface area is 71.5 Å². The zero-order valence-corrected chi connectivity index (χ0v) is 7.69. The van der Waals surface area contributed by atoms with Crippen molar-refractivity contribution in [3.63, 3.8) is 0 Å². The summed E-state index contributed by atoms with van der Waals surface area (Å²) in [6.45, 7) is 0. The van der Waals surface area contributed by atoms with E-state index in [1.54, 1.807) is 0 Å². The highest BCUT2D eigenvalue weighted by atomic mass is 31.1. The minimum absolute atomic E-state index is 0.833. The molecule has 1 aliphatic rings. The van der Waals surface area contributed by atoms with Crippen LogP contribution in [0.5, 0.6) is 0 Å². The van der Waals surface area contributed by atoms with Crippen molar-refractivity contribution in [2.45, 2.75) is 25.7 Å². The summed E-state index contributed by atoms with van der Waals surface area (Å²) in [5, 5.41) is 0. The molecule has 12 heavy (non-hydrogen) atoms. The van der Waals surface area contributed by atoms with E-state index in [4.69, 9.17) is 19.1 Å². The van der Waals surface area contributed by atoms with Gasteiger partial charge in [-0.15, -0.1) is 0 Å². The maximum Gasteiger partial charge on any atom is 0.314 e. The molecular formula is C5H15N2O4P. The third kappa shape index (κ3) is 57.1. The van der Waals surface area contributed by atoms with E-state index in [1.165, 1.54) is 25.7 Å². The van der Waals surface area contributed by atoms with Gasteiger partial charge in [0.25, 0.3) is 0 Å². The molecule has 0 aromatic rings. The lowest BCUT2D eigenvalue weighted by atomic mass is 10.0.